The summed E-state index contributed by atoms with van der Waals surface area (Å²) >= 11 is 0. The number of hydrogen-bond acceptors (Lipinski definition) is 8. The van der Waals surface area contributed by atoms with Crippen molar-refractivity contribution in [3.63, 3.8) is 0 Å². The molecule has 0 aromatic carbocycles. The molecule has 178 valence electrons. The molecule has 3 aliphatic heterocycles. The Hall–Kier alpha value is -2.95. The molecule has 3 aromatic heterocycles. The largest absolute Gasteiger partial charge is 0.486 e. The molecule has 3 aliphatic rings. The van der Waals surface area contributed by atoms with E-state index in [0.29, 0.717) is 36.8 Å². The SMILES string of the molecule is O=c1ccc2ncc(F)c3c2n1[C@H](CN1CCC(NCc2cc4c(nn2)CCOC4)CC1)CO3. The topological polar surface area (TPSA) is 94.4 Å². The van der Waals surface area contributed by atoms with Crippen LogP contribution in [0.25, 0.3) is 11.0 Å². The van der Waals surface area contributed by atoms with E-state index in [-0.39, 0.29) is 24.0 Å². The molecule has 0 aliphatic carbocycles. The van der Waals surface area contributed by atoms with Gasteiger partial charge in [-0.3, -0.25) is 14.3 Å². The van der Waals surface area contributed by atoms with Gasteiger partial charge in [0.2, 0.25) is 0 Å². The molecule has 1 N–H and O–H groups in total. The summed E-state index contributed by atoms with van der Waals surface area (Å²) in [7, 11) is 0. The van der Waals surface area contributed by atoms with Gasteiger partial charge in [0.05, 0.1) is 42.4 Å². The molecule has 3 aromatic rings. The van der Waals surface area contributed by atoms with Crippen molar-refractivity contribution >= 4 is 11.0 Å². The van der Waals surface area contributed by atoms with E-state index in [1.54, 1.807) is 10.6 Å². The maximum absolute atomic E-state index is 14.2. The molecular formula is C24H27FN6O3. The number of pyridine rings is 2. The summed E-state index contributed by atoms with van der Waals surface area (Å²) in [5.41, 5.74) is 4.01. The predicted octanol–water partition coefficient (Wildman–Crippen LogP) is 1.59. The van der Waals surface area contributed by atoms with Crippen molar-refractivity contribution in [2.75, 3.05) is 32.8 Å². The lowest BCUT2D eigenvalue weighted by molar-refractivity contribution is 0.108. The van der Waals surface area contributed by atoms with E-state index in [1.807, 2.05) is 0 Å². The van der Waals surface area contributed by atoms with Crippen LogP contribution in [0.3, 0.4) is 0 Å². The average molecular weight is 467 g/mol. The fraction of sp³-hybridized carbons (Fsp3) is 0.500. The Morgan fingerprint density at radius 1 is 1.21 bits per heavy atom. The molecule has 1 saturated heterocycles. The second-order valence-electron chi connectivity index (χ2n) is 9.24. The van der Waals surface area contributed by atoms with E-state index in [9.17, 15) is 9.18 Å². The third kappa shape index (κ3) is 4.06. The summed E-state index contributed by atoms with van der Waals surface area (Å²) in [6.45, 7) is 4.80. The molecular weight excluding hydrogens is 439 g/mol. The summed E-state index contributed by atoms with van der Waals surface area (Å²) in [6, 6.07) is 5.45. The van der Waals surface area contributed by atoms with Gasteiger partial charge in [-0.1, -0.05) is 0 Å². The first-order valence-electron chi connectivity index (χ1n) is 11.9. The molecule has 0 unspecified atom stereocenters. The normalized spacial score (nSPS) is 20.8. The molecule has 1 fully saturated rings. The van der Waals surface area contributed by atoms with E-state index in [2.05, 4.69) is 31.5 Å². The van der Waals surface area contributed by atoms with Crippen LogP contribution < -0.4 is 15.6 Å². The van der Waals surface area contributed by atoms with E-state index >= 15 is 0 Å². The maximum atomic E-state index is 14.2. The number of halogens is 1. The summed E-state index contributed by atoms with van der Waals surface area (Å²) < 4.78 is 27.2. The summed E-state index contributed by atoms with van der Waals surface area (Å²) in [5.74, 6) is -0.410. The number of hydrogen-bond donors (Lipinski definition) is 1. The van der Waals surface area contributed by atoms with Gasteiger partial charge >= 0.3 is 0 Å². The molecule has 0 radical (unpaired) electrons. The third-order valence-corrected chi connectivity index (χ3v) is 7.02. The molecule has 10 heteroatoms. The molecule has 0 saturated carbocycles. The van der Waals surface area contributed by atoms with Crippen LogP contribution >= 0.6 is 0 Å². The lowest BCUT2D eigenvalue weighted by Gasteiger charge is -2.36. The Morgan fingerprint density at radius 2 is 2.09 bits per heavy atom. The second kappa shape index (κ2) is 9.01. The van der Waals surface area contributed by atoms with Gasteiger partial charge in [0.1, 0.15) is 12.1 Å². The zero-order chi connectivity index (χ0) is 23.1. The van der Waals surface area contributed by atoms with E-state index in [1.165, 1.54) is 6.07 Å². The lowest BCUT2D eigenvalue weighted by Crippen LogP contribution is -2.46. The van der Waals surface area contributed by atoms with Crippen LogP contribution in [0.1, 0.15) is 35.8 Å². The van der Waals surface area contributed by atoms with Crippen LogP contribution in [-0.4, -0.2) is 63.5 Å². The van der Waals surface area contributed by atoms with Gasteiger partial charge in [-0.2, -0.15) is 10.2 Å². The molecule has 1 atom stereocenters. The summed E-state index contributed by atoms with van der Waals surface area (Å²) in [5, 5.41) is 12.3. The zero-order valence-corrected chi connectivity index (χ0v) is 18.9. The highest BCUT2D eigenvalue weighted by molar-refractivity contribution is 5.82. The van der Waals surface area contributed by atoms with E-state index in [0.717, 1.165) is 62.1 Å². The molecule has 0 spiro atoms. The highest BCUT2D eigenvalue weighted by atomic mass is 19.1. The number of piperidine rings is 1. The molecule has 6 rings (SSSR count). The average Bonchev–Trinajstić information content (AvgIpc) is 2.87. The molecule has 0 bridgehead atoms. The zero-order valence-electron chi connectivity index (χ0n) is 18.9. The van der Waals surface area contributed by atoms with Crippen LogP contribution in [0.2, 0.25) is 0 Å². The van der Waals surface area contributed by atoms with Gasteiger partial charge < -0.3 is 19.7 Å². The van der Waals surface area contributed by atoms with Crippen molar-refractivity contribution in [3.05, 3.63) is 57.5 Å². The fourth-order valence-electron chi connectivity index (χ4n) is 5.20. The van der Waals surface area contributed by atoms with Crippen LogP contribution in [-0.2, 0) is 24.3 Å². The van der Waals surface area contributed by atoms with Crippen molar-refractivity contribution in [1.82, 2.24) is 30.0 Å². The molecule has 9 nitrogen and oxygen atoms in total. The highest BCUT2D eigenvalue weighted by Crippen LogP contribution is 2.32. The summed E-state index contributed by atoms with van der Waals surface area (Å²) in [6.07, 6.45) is 3.98. The van der Waals surface area contributed by atoms with Crippen LogP contribution in [0.5, 0.6) is 5.75 Å². The van der Waals surface area contributed by atoms with Gasteiger partial charge in [-0.15, -0.1) is 0 Å². The number of nitrogens with zero attached hydrogens (tertiary/aromatic N) is 5. The lowest BCUT2D eigenvalue weighted by atomic mass is 10.0. The Labute approximate surface area is 195 Å². The first kappa shape index (κ1) is 21.6. The predicted molar refractivity (Wildman–Crippen MR) is 122 cm³/mol. The Balaban J connectivity index is 1.07. The third-order valence-electron chi connectivity index (χ3n) is 7.02. The van der Waals surface area contributed by atoms with Crippen LogP contribution in [0.4, 0.5) is 4.39 Å². The molecule has 0 amide bonds. The van der Waals surface area contributed by atoms with E-state index < -0.39 is 5.82 Å². The van der Waals surface area contributed by atoms with Gasteiger partial charge in [-0.25, -0.2) is 4.39 Å². The smallest absolute Gasteiger partial charge is 0.251 e. The van der Waals surface area contributed by atoms with Crippen molar-refractivity contribution in [2.45, 2.75) is 44.5 Å². The Bertz CT molecular complexity index is 1270. The van der Waals surface area contributed by atoms with Crippen molar-refractivity contribution < 1.29 is 13.9 Å². The molecule has 34 heavy (non-hydrogen) atoms. The highest BCUT2D eigenvalue weighted by Gasteiger charge is 2.29. The van der Waals surface area contributed by atoms with Crippen molar-refractivity contribution in [3.8, 4) is 5.75 Å². The minimum Gasteiger partial charge on any atom is -0.486 e. The second-order valence-corrected chi connectivity index (χ2v) is 9.24. The van der Waals surface area contributed by atoms with Gasteiger partial charge in [0, 0.05) is 37.2 Å². The maximum Gasteiger partial charge on any atom is 0.251 e. The first-order valence-corrected chi connectivity index (χ1v) is 11.9. The van der Waals surface area contributed by atoms with Crippen LogP contribution in [0.15, 0.2) is 29.2 Å². The number of rotatable bonds is 5. The minimum absolute atomic E-state index is 0.124. The number of likely N-dealkylation sites (tertiary alicyclic amines) is 1. The number of fused-ring (bicyclic) bond motifs is 1. The minimum atomic E-state index is -0.534. The quantitative estimate of drug-likeness (QED) is 0.606. The fourth-order valence-corrected chi connectivity index (χ4v) is 5.20. The number of nitrogens with one attached hydrogen (secondary N) is 1. The van der Waals surface area contributed by atoms with Crippen molar-refractivity contribution in [2.24, 2.45) is 0 Å². The Morgan fingerprint density at radius 3 is 2.97 bits per heavy atom. The van der Waals surface area contributed by atoms with Crippen molar-refractivity contribution in [1.29, 1.82) is 0 Å². The van der Waals surface area contributed by atoms with Gasteiger partial charge in [0.15, 0.2) is 11.6 Å². The Kier molecular flexibility index (Phi) is 5.72. The number of ether oxygens (including phenoxy) is 2. The standard InChI is InChI=1S/C24H27FN6O3/c25-19-11-27-21-1-2-22(32)31-18(14-34-24(19)23(21)31)12-30-6-3-16(4-7-30)26-10-17-9-15-13-33-8-5-20(15)29-28-17/h1-2,9,11,16,18,26H,3-8,10,12-14H2/t18-/m1/s1. The van der Waals surface area contributed by atoms with Gasteiger partial charge in [0.25, 0.3) is 5.56 Å². The first-order chi connectivity index (χ1) is 16.7. The summed E-state index contributed by atoms with van der Waals surface area (Å²) in [4.78, 5) is 19.2. The van der Waals surface area contributed by atoms with Gasteiger partial charge in [-0.05, 0) is 38.1 Å². The number of aromatic nitrogens is 4. The monoisotopic (exact) mass is 466 g/mol. The van der Waals surface area contributed by atoms with Crippen LogP contribution in [0, 0.1) is 5.82 Å². The molecule has 6 heterocycles. The van der Waals surface area contributed by atoms with E-state index in [4.69, 9.17) is 9.47 Å².